The van der Waals surface area contributed by atoms with Crippen molar-refractivity contribution in [2.75, 3.05) is 30.4 Å². The highest BCUT2D eigenvalue weighted by Gasteiger charge is 2.10. The summed E-state index contributed by atoms with van der Waals surface area (Å²) in [6.45, 7) is 2.60. The minimum atomic E-state index is -1.04. The van der Waals surface area contributed by atoms with E-state index in [1.807, 2.05) is 31.0 Å². The molecule has 0 spiro atoms. The summed E-state index contributed by atoms with van der Waals surface area (Å²) in [6, 6.07) is 5.68. The molecule has 0 atom stereocenters. The lowest BCUT2D eigenvalue weighted by Crippen LogP contribution is -2.32. The second kappa shape index (κ2) is 8.41. The number of pyridine rings is 1. The number of rotatable bonds is 7. The summed E-state index contributed by atoms with van der Waals surface area (Å²) in [5, 5.41) is 14.9. The van der Waals surface area contributed by atoms with Crippen molar-refractivity contribution in [2.24, 2.45) is 0 Å². The Labute approximate surface area is 160 Å². The van der Waals surface area contributed by atoms with Crippen LogP contribution in [0, 0.1) is 6.92 Å². The highest BCUT2D eigenvalue weighted by atomic mass is 32.1. The van der Waals surface area contributed by atoms with Crippen LogP contribution in [-0.4, -0.2) is 51.3 Å². The number of hydrogen-bond acceptors (Lipinski definition) is 8. The molecule has 3 heterocycles. The van der Waals surface area contributed by atoms with Crippen LogP contribution in [0.5, 0.6) is 0 Å². The molecule has 0 fully saturated rings. The minimum absolute atomic E-state index is 0.305. The van der Waals surface area contributed by atoms with Crippen LogP contribution in [-0.2, 0) is 0 Å². The van der Waals surface area contributed by atoms with Gasteiger partial charge in [-0.15, -0.1) is 0 Å². The van der Waals surface area contributed by atoms with Crippen molar-refractivity contribution < 1.29 is 9.90 Å². The Morgan fingerprint density at radius 3 is 2.81 bits per heavy atom. The van der Waals surface area contributed by atoms with Gasteiger partial charge in [0.05, 0.1) is 4.88 Å². The Balaban J connectivity index is 1.71. The van der Waals surface area contributed by atoms with Gasteiger partial charge in [0.1, 0.15) is 17.5 Å². The average Bonchev–Trinajstić information content (AvgIpc) is 3.10. The van der Waals surface area contributed by atoms with Crippen LogP contribution in [0.4, 0.5) is 21.6 Å². The summed E-state index contributed by atoms with van der Waals surface area (Å²) in [6.07, 6.45) is 4.26. The lowest BCUT2D eigenvalue weighted by molar-refractivity contribution is 0.195. The fraction of sp³-hybridized carbons (Fsp3) is 0.235. The second-order valence-electron chi connectivity index (χ2n) is 5.70. The van der Waals surface area contributed by atoms with E-state index in [1.54, 1.807) is 24.7 Å². The van der Waals surface area contributed by atoms with Gasteiger partial charge in [0.15, 0.2) is 5.13 Å². The van der Waals surface area contributed by atoms with E-state index < -0.39 is 6.09 Å². The zero-order valence-corrected chi connectivity index (χ0v) is 15.7. The number of aryl methyl sites for hydroxylation is 1. The lowest BCUT2D eigenvalue weighted by Gasteiger charge is -2.19. The molecule has 0 bridgehead atoms. The van der Waals surface area contributed by atoms with Gasteiger partial charge in [0.25, 0.3) is 0 Å². The molecule has 3 aromatic heterocycles. The first-order valence-electron chi connectivity index (χ1n) is 8.18. The third-order valence-corrected chi connectivity index (χ3v) is 4.61. The van der Waals surface area contributed by atoms with Crippen LogP contribution in [0.2, 0.25) is 0 Å². The van der Waals surface area contributed by atoms with Crippen LogP contribution in [0.15, 0.2) is 36.8 Å². The van der Waals surface area contributed by atoms with Crippen molar-refractivity contribution in [3.63, 3.8) is 0 Å². The standard InChI is InChI=1S/C17H19N7O2S/c1-11-21-14(9-15(22-11)24(2)8-7-19-17(25)26)23-16-20-10-13(27-16)12-3-5-18-6-4-12/h3-6,9-10,19H,7-8H2,1-2H3,(H,25,26)(H,20,21,22,23). The van der Waals surface area contributed by atoms with Crippen molar-refractivity contribution in [1.29, 1.82) is 0 Å². The molecule has 0 aromatic carbocycles. The van der Waals surface area contributed by atoms with Crippen molar-refractivity contribution >= 4 is 34.2 Å². The van der Waals surface area contributed by atoms with E-state index in [-0.39, 0.29) is 0 Å². The number of thiazole rings is 1. The highest BCUT2D eigenvalue weighted by Crippen LogP contribution is 2.30. The SMILES string of the molecule is Cc1nc(Nc2ncc(-c3ccncc3)s2)cc(N(C)CCNC(=O)O)n1. The van der Waals surface area contributed by atoms with E-state index in [0.29, 0.717) is 30.5 Å². The maximum atomic E-state index is 10.6. The third kappa shape index (κ3) is 5.11. The summed E-state index contributed by atoms with van der Waals surface area (Å²) in [5.74, 6) is 1.94. The van der Waals surface area contributed by atoms with Gasteiger partial charge in [-0.05, 0) is 24.6 Å². The molecule has 0 saturated heterocycles. The predicted octanol–water partition coefficient (Wildman–Crippen LogP) is 2.75. The number of nitrogens with zero attached hydrogens (tertiary/aromatic N) is 5. The molecule has 3 N–H and O–H groups in total. The minimum Gasteiger partial charge on any atom is -0.465 e. The summed E-state index contributed by atoms with van der Waals surface area (Å²) in [4.78, 5) is 30.7. The largest absolute Gasteiger partial charge is 0.465 e. The van der Waals surface area contributed by atoms with Crippen molar-refractivity contribution in [3.05, 3.63) is 42.6 Å². The Bertz CT molecular complexity index is 917. The van der Waals surface area contributed by atoms with Crippen molar-refractivity contribution in [3.8, 4) is 10.4 Å². The van der Waals surface area contributed by atoms with Crippen LogP contribution in [0.3, 0.4) is 0 Å². The Morgan fingerprint density at radius 1 is 1.30 bits per heavy atom. The quantitative estimate of drug-likeness (QED) is 0.568. The molecule has 0 saturated carbocycles. The summed E-state index contributed by atoms with van der Waals surface area (Å²) >= 11 is 1.52. The molecule has 27 heavy (non-hydrogen) atoms. The Kier molecular flexibility index (Phi) is 5.77. The average molecular weight is 385 g/mol. The molecule has 10 heteroatoms. The predicted molar refractivity (Wildman–Crippen MR) is 105 cm³/mol. The molecule has 0 unspecified atom stereocenters. The Hall–Kier alpha value is -3.27. The van der Waals surface area contributed by atoms with E-state index in [1.165, 1.54) is 11.3 Å². The zero-order chi connectivity index (χ0) is 19.2. The molecular formula is C17H19N7O2S. The number of likely N-dealkylation sites (N-methyl/N-ethyl adjacent to an activating group) is 1. The number of nitrogens with one attached hydrogen (secondary N) is 2. The fourth-order valence-electron chi connectivity index (χ4n) is 2.35. The highest BCUT2D eigenvalue weighted by molar-refractivity contribution is 7.18. The van der Waals surface area contributed by atoms with Gasteiger partial charge >= 0.3 is 6.09 Å². The fourth-order valence-corrected chi connectivity index (χ4v) is 3.18. The number of carbonyl (C=O) groups is 1. The van der Waals surface area contributed by atoms with Crippen LogP contribution in [0.1, 0.15) is 5.82 Å². The van der Waals surface area contributed by atoms with Crippen LogP contribution < -0.4 is 15.5 Å². The van der Waals surface area contributed by atoms with Gasteiger partial charge in [0, 0.05) is 44.8 Å². The first-order chi connectivity index (χ1) is 13.0. The number of aromatic nitrogens is 4. The first kappa shape index (κ1) is 18.5. The molecule has 140 valence electrons. The van der Waals surface area contributed by atoms with E-state index in [2.05, 4.69) is 30.6 Å². The van der Waals surface area contributed by atoms with Crippen molar-refractivity contribution in [2.45, 2.75) is 6.92 Å². The summed E-state index contributed by atoms with van der Waals surface area (Å²) in [7, 11) is 1.85. The Morgan fingerprint density at radius 2 is 2.07 bits per heavy atom. The molecule has 0 aliphatic rings. The number of anilines is 3. The molecule has 9 nitrogen and oxygen atoms in total. The van der Waals surface area contributed by atoms with Gasteiger partial charge < -0.3 is 20.6 Å². The number of amides is 1. The van der Waals surface area contributed by atoms with E-state index in [0.717, 1.165) is 15.6 Å². The molecule has 1 amide bonds. The van der Waals surface area contributed by atoms with Crippen molar-refractivity contribution in [1.82, 2.24) is 25.3 Å². The van der Waals surface area contributed by atoms with E-state index >= 15 is 0 Å². The van der Waals surface area contributed by atoms with E-state index in [4.69, 9.17) is 5.11 Å². The molecule has 0 radical (unpaired) electrons. The molecular weight excluding hydrogens is 366 g/mol. The molecule has 3 rings (SSSR count). The number of carboxylic acid groups (broad SMARTS) is 1. The van der Waals surface area contributed by atoms with E-state index in [9.17, 15) is 4.79 Å². The topological polar surface area (TPSA) is 116 Å². The normalized spacial score (nSPS) is 10.4. The van der Waals surface area contributed by atoms with Gasteiger partial charge in [-0.25, -0.2) is 19.7 Å². The third-order valence-electron chi connectivity index (χ3n) is 3.64. The molecule has 0 aliphatic heterocycles. The van der Waals surface area contributed by atoms with Gasteiger partial charge in [-0.2, -0.15) is 0 Å². The molecule has 0 aliphatic carbocycles. The lowest BCUT2D eigenvalue weighted by atomic mass is 10.2. The van der Waals surface area contributed by atoms with Gasteiger partial charge in [-0.3, -0.25) is 4.98 Å². The van der Waals surface area contributed by atoms with Gasteiger partial charge in [-0.1, -0.05) is 11.3 Å². The monoisotopic (exact) mass is 385 g/mol. The van der Waals surface area contributed by atoms with Crippen LogP contribution in [0.25, 0.3) is 10.4 Å². The molecule has 3 aromatic rings. The zero-order valence-electron chi connectivity index (χ0n) is 14.9. The number of hydrogen-bond donors (Lipinski definition) is 3. The maximum absolute atomic E-state index is 10.6. The summed E-state index contributed by atoms with van der Waals surface area (Å²) < 4.78 is 0. The van der Waals surface area contributed by atoms with Gasteiger partial charge in [0.2, 0.25) is 0 Å². The maximum Gasteiger partial charge on any atom is 0.404 e. The second-order valence-corrected chi connectivity index (χ2v) is 6.73. The smallest absolute Gasteiger partial charge is 0.404 e. The summed E-state index contributed by atoms with van der Waals surface area (Å²) in [5.41, 5.74) is 1.06. The van der Waals surface area contributed by atoms with Crippen LogP contribution >= 0.6 is 11.3 Å². The first-order valence-corrected chi connectivity index (χ1v) is 9.00.